The van der Waals surface area contributed by atoms with E-state index >= 15 is 0 Å². The van der Waals surface area contributed by atoms with Crippen LogP contribution in [0.2, 0.25) is 0 Å². The minimum atomic E-state index is 0.639. The third-order valence-electron chi connectivity index (χ3n) is 4.20. The summed E-state index contributed by atoms with van der Waals surface area (Å²) in [6.45, 7) is 5.56. The van der Waals surface area contributed by atoms with Crippen LogP contribution in [-0.2, 0) is 0 Å². The lowest BCUT2D eigenvalue weighted by molar-refractivity contribution is 0.572. The molecule has 3 heterocycles. The smallest absolute Gasteiger partial charge is 0.145 e. The lowest BCUT2D eigenvalue weighted by Gasteiger charge is -1.93. The van der Waals surface area contributed by atoms with Crippen LogP contribution in [-0.4, -0.2) is 0 Å². The van der Waals surface area contributed by atoms with Gasteiger partial charge in [0.2, 0.25) is 0 Å². The monoisotopic (exact) mass is 412 g/mol. The molecule has 0 aliphatic rings. The quantitative estimate of drug-likeness (QED) is 0.309. The highest BCUT2D eigenvalue weighted by atomic mass is 32.1. The van der Waals surface area contributed by atoms with Crippen LogP contribution in [0.4, 0.5) is 0 Å². The molecule has 0 bridgehead atoms. The molecule has 3 rings (SSSR count). The molecule has 0 saturated carbocycles. The molecule has 0 atom stereocenters. The van der Waals surface area contributed by atoms with Crippen LogP contribution in [0.1, 0.15) is 30.9 Å². The molecule has 0 aliphatic carbocycles. The number of aryl methyl sites for hydroxylation is 1. The predicted octanol–water partition coefficient (Wildman–Crippen LogP) is 7.54. The summed E-state index contributed by atoms with van der Waals surface area (Å²) in [5.74, 6) is 3.05. The van der Waals surface area contributed by atoms with Gasteiger partial charge in [0.25, 0.3) is 0 Å². The fourth-order valence-electron chi connectivity index (χ4n) is 2.64. The molecule has 3 aromatic heterocycles. The second-order valence-corrected chi connectivity index (χ2v) is 7.72. The predicted molar refractivity (Wildman–Crippen MR) is 121 cm³/mol. The van der Waals surface area contributed by atoms with Gasteiger partial charge < -0.3 is 8.83 Å². The molecule has 5 heteroatoms. The van der Waals surface area contributed by atoms with Gasteiger partial charge in [-0.1, -0.05) is 12.2 Å². The maximum atomic E-state index is 8.79. The first kappa shape index (κ1) is 20.9. The van der Waals surface area contributed by atoms with Gasteiger partial charge in [-0.3, -0.25) is 0 Å². The fraction of sp³-hybridized carbons (Fsp3) is 0.120. The lowest BCUT2D eigenvalue weighted by atomic mass is 10.2. The zero-order valence-electron chi connectivity index (χ0n) is 17.0. The van der Waals surface area contributed by atoms with Crippen LogP contribution in [0.3, 0.4) is 0 Å². The van der Waals surface area contributed by atoms with Crippen molar-refractivity contribution in [3.63, 3.8) is 0 Å². The van der Waals surface area contributed by atoms with Gasteiger partial charge in [0.05, 0.1) is 21.9 Å². The second kappa shape index (κ2) is 9.60. The van der Waals surface area contributed by atoms with E-state index in [0.29, 0.717) is 11.1 Å². The van der Waals surface area contributed by atoms with E-state index in [4.69, 9.17) is 19.4 Å². The topological polar surface area (TPSA) is 73.9 Å². The maximum absolute atomic E-state index is 8.79. The van der Waals surface area contributed by atoms with Gasteiger partial charge in [-0.2, -0.15) is 10.5 Å². The Kier molecular flexibility index (Phi) is 6.70. The van der Waals surface area contributed by atoms with E-state index in [0.717, 1.165) is 38.4 Å². The first-order valence-corrected chi connectivity index (χ1v) is 10.1. The Morgan fingerprint density at radius 2 is 1.40 bits per heavy atom. The van der Waals surface area contributed by atoms with Crippen molar-refractivity contribution < 1.29 is 8.83 Å². The molecule has 0 N–H and O–H groups in total. The van der Waals surface area contributed by atoms with Crippen molar-refractivity contribution in [3.8, 4) is 33.4 Å². The molecule has 3 aromatic rings. The van der Waals surface area contributed by atoms with E-state index in [-0.39, 0.29) is 0 Å². The fourth-order valence-corrected chi connectivity index (χ4v) is 3.73. The molecule has 0 unspecified atom stereocenters. The Hall–Kier alpha value is -3.80. The van der Waals surface area contributed by atoms with Crippen LogP contribution < -0.4 is 0 Å². The molecule has 148 valence electrons. The van der Waals surface area contributed by atoms with E-state index in [1.807, 2.05) is 43.3 Å². The normalized spacial score (nSPS) is 12.6. The Morgan fingerprint density at radius 3 is 1.97 bits per heavy atom. The van der Waals surface area contributed by atoms with E-state index in [9.17, 15) is 0 Å². The van der Waals surface area contributed by atoms with Crippen molar-refractivity contribution >= 4 is 23.5 Å². The summed E-state index contributed by atoms with van der Waals surface area (Å²) in [4.78, 5) is 2.07. The van der Waals surface area contributed by atoms with Crippen LogP contribution in [0, 0.1) is 29.6 Å². The van der Waals surface area contributed by atoms with Crippen LogP contribution in [0.15, 0.2) is 74.6 Å². The number of rotatable bonds is 6. The Morgan fingerprint density at radius 1 is 0.867 bits per heavy atom. The zero-order valence-corrected chi connectivity index (χ0v) is 17.8. The maximum Gasteiger partial charge on any atom is 0.145 e. The largest absolute Gasteiger partial charge is 0.456 e. The van der Waals surface area contributed by atoms with Crippen LogP contribution >= 0.6 is 11.3 Å². The van der Waals surface area contributed by atoms with Crippen molar-refractivity contribution in [2.75, 3.05) is 0 Å². The molecular formula is C25H20N2O2S. The van der Waals surface area contributed by atoms with Gasteiger partial charge in [-0.05, 0) is 81.0 Å². The molecule has 0 amide bonds. The summed E-state index contributed by atoms with van der Waals surface area (Å²) in [6, 6.07) is 13.9. The number of thiophene rings is 1. The Labute approximate surface area is 180 Å². The average molecular weight is 413 g/mol. The summed E-state index contributed by atoms with van der Waals surface area (Å²) < 4.78 is 11.9. The summed E-state index contributed by atoms with van der Waals surface area (Å²) >= 11 is 1.61. The van der Waals surface area contributed by atoms with E-state index in [1.54, 1.807) is 49.5 Å². The van der Waals surface area contributed by atoms with Crippen LogP contribution in [0.25, 0.3) is 33.4 Å². The summed E-state index contributed by atoms with van der Waals surface area (Å²) in [5.41, 5.74) is 2.39. The SMILES string of the molecule is C/C(C#N)=C/C=C/c1ccc(-c2cc(C)c(-c3ccc(/C=C/C=C(/C)C#N)o3)s2)o1. The van der Waals surface area contributed by atoms with Gasteiger partial charge in [-0.15, -0.1) is 11.3 Å². The average Bonchev–Trinajstić information content (AvgIpc) is 3.47. The van der Waals surface area contributed by atoms with Crippen molar-refractivity contribution in [2.24, 2.45) is 0 Å². The van der Waals surface area contributed by atoms with Gasteiger partial charge in [0.1, 0.15) is 23.0 Å². The van der Waals surface area contributed by atoms with E-state index in [1.165, 1.54) is 0 Å². The number of furan rings is 2. The molecule has 30 heavy (non-hydrogen) atoms. The van der Waals surface area contributed by atoms with Gasteiger partial charge >= 0.3 is 0 Å². The Bertz CT molecular complexity index is 1250. The molecule has 0 saturated heterocycles. The third kappa shape index (κ3) is 5.17. The second-order valence-electron chi connectivity index (χ2n) is 6.67. The third-order valence-corrected chi connectivity index (χ3v) is 5.47. The molecule has 0 fully saturated rings. The van der Waals surface area contributed by atoms with E-state index < -0.39 is 0 Å². The van der Waals surface area contributed by atoms with Crippen molar-refractivity contribution in [1.29, 1.82) is 10.5 Å². The first-order chi connectivity index (χ1) is 14.5. The summed E-state index contributed by atoms with van der Waals surface area (Å²) in [7, 11) is 0. The zero-order chi connectivity index (χ0) is 21.5. The first-order valence-electron chi connectivity index (χ1n) is 9.31. The molecule has 0 aliphatic heterocycles. The van der Waals surface area contributed by atoms with Gasteiger partial charge in [0, 0.05) is 11.1 Å². The molecule has 0 aromatic carbocycles. The van der Waals surface area contributed by atoms with E-state index in [2.05, 4.69) is 18.2 Å². The molecule has 0 spiro atoms. The minimum Gasteiger partial charge on any atom is -0.456 e. The summed E-state index contributed by atoms with van der Waals surface area (Å²) in [5, 5.41) is 17.6. The van der Waals surface area contributed by atoms with Crippen molar-refractivity contribution in [2.45, 2.75) is 20.8 Å². The highest BCUT2D eigenvalue weighted by Gasteiger charge is 2.14. The summed E-state index contributed by atoms with van der Waals surface area (Å²) in [6.07, 6.45) is 10.8. The number of hydrogen-bond donors (Lipinski definition) is 0. The van der Waals surface area contributed by atoms with Crippen molar-refractivity contribution in [3.05, 3.63) is 82.9 Å². The highest BCUT2D eigenvalue weighted by molar-refractivity contribution is 7.18. The number of hydrogen-bond acceptors (Lipinski definition) is 5. The molecule has 4 nitrogen and oxygen atoms in total. The van der Waals surface area contributed by atoms with Crippen LogP contribution in [0.5, 0.6) is 0 Å². The minimum absolute atomic E-state index is 0.639. The number of nitrogens with zero attached hydrogens (tertiary/aromatic N) is 2. The standard InChI is InChI=1S/C25H20N2O2S/c1-17(15-26)6-4-8-20-10-12-22(28-20)24-14-19(3)25(30-24)23-13-11-21(29-23)9-5-7-18(2)16-27/h4-14H,1-3H3/b8-4+,9-5+,17-6-,18-7-. The molecule has 0 radical (unpaired) electrons. The Balaban J connectivity index is 1.79. The highest BCUT2D eigenvalue weighted by Crippen LogP contribution is 2.39. The molecular weight excluding hydrogens is 392 g/mol. The van der Waals surface area contributed by atoms with Gasteiger partial charge in [-0.25, -0.2) is 0 Å². The van der Waals surface area contributed by atoms with Gasteiger partial charge in [0.15, 0.2) is 0 Å². The van der Waals surface area contributed by atoms with Crippen molar-refractivity contribution in [1.82, 2.24) is 0 Å². The number of nitriles is 2. The number of allylic oxidation sites excluding steroid dienone is 6. The lowest BCUT2D eigenvalue weighted by Crippen LogP contribution is -1.69.